The van der Waals surface area contributed by atoms with Gasteiger partial charge in [0.1, 0.15) is 0 Å². The summed E-state index contributed by atoms with van der Waals surface area (Å²) in [5, 5.41) is 9.56. The van der Waals surface area contributed by atoms with E-state index in [4.69, 9.17) is 10.6 Å². The summed E-state index contributed by atoms with van der Waals surface area (Å²) in [5.74, 6) is 0. The van der Waals surface area contributed by atoms with Crippen molar-refractivity contribution in [2.24, 2.45) is 0 Å². The van der Waals surface area contributed by atoms with Gasteiger partial charge in [-0.3, -0.25) is 0 Å². The fourth-order valence-electron chi connectivity index (χ4n) is 1.95. The van der Waals surface area contributed by atoms with E-state index in [-0.39, 0.29) is 45.2 Å². The summed E-state index contributed by atoms with van der Waals surface area (Å²) in [6.07, 6.45) is 4.49. The smallest absolute Gasteiger partial charge is 0.652 e. The van der Waals surface area contributed by atoms with Crippen LogP contribution >= 0.6 is 0 Å². The maximum absolute atomic E-state index is 4.78. The summed E-state index contributed by atoms with van der Waals surface area (Å²) >= 11 is 0. The molecule has 0 bridgehead atoms. The van der Waals surface area contributed by atoms with Gasteiger partial charge in [0.25, 0.3) is 0 Å². The summed E-state index contributed by atoms with van der Waals surface area (Å²) < 4.78 is 0. The number of hydrogen-bond donors (Lipinski definition) is 0. The second-order valence-corrected chi connectivity index (χ2v) is 8.89. The first-order chi connectivity index (χ1) is 9.66. The second kappa shape index (κ2) is 11.3. The van der Waals surface area contributed by atoms with Gasteiger partial charge in [-0.25, -0.2) is 0 Å². The van der Waals surface area contributed by atoms with Crippen molar-refractivity contribution in [2.75, 3.05) is 0 Å². The fourth-order valence-corrected chi connectivity index (χ4v) is 1.95. The minimum Gasteiger partial charge on any atom is -0.652 e. The predicted octanol–water partition coefficient (Wildman–Crippen LogP) is 7.09. The van der Waals surface area contributed by atoms with Crippen molar-refractivity contribution in [3.8, 4) is 0 Å². The van der Waals surface area contributed by atoms with Crippen LogP contribution in [0, 0.1) is 0 Å². The van der Waals surface area contributed by atoms with Gasteiger partial charge in [0.2, 0.25) is 0 Å². The zero-order chi connectivity index (χ0) is 18.2. The van der Waals surface area contributed by atoms with Crippen molar-refractivity contribution >= 4 is 23.1 Å². The van der Waals surface area contributed by atoms with E-state index in [1.165, 1.54) is 0 Å². The average molecular weight is 337 g/mol. The quantitative estimate of drug-likeness (QED) is 0.423. The van der Waals surface area contributed by atoms with Crippen molar-refractivity contribution in [2.45, 2.75) is 131 Å². The third kappa shape index (κ3) is 15.9. The third-order valence-electron chi connectivity index (χ3n) is 4.67. The van der Waals surface area contributed by atoms with E-state index in [9.17, 15) is 0 Å². The van der Waals surface area contributed by atoms with E-state index in [2.05, 4.69) is 83.1 Å². The van der Waals surface area contributed by atoms with Crippen LogP contribution in [0.5, 0.6) is 0 Å². The molecule has 0 saturated carbocycles. The largest absolute Gasteiger partial charge is 2.00 e. The van der Waals surface area contributed by atoms with Crippen molar-refractivity contribution in [3.05, 3.63) is 10.6 Å². The van der Waals surface area contributed by atoms with E-state index in [0.29, 0.717) is 0 Å². The molecule has 0 unspecified atom stereocenters. The Morgan fingerprint density at radius 1 is 0.435 bits per heavy atom. The van der Waals surface area contributed by atoms with Gasteiger partial charge in [-0.2, -0.15) is 0 Å². The van der Waals surface area contributed by atoms with Crippen LogP contribution in [0.2, 0.25) is 0 Å². The van der Waals surface area contributed by atoms with E-state index in [0.717, 1.165) is 25.7 Å². The molecule has 0 rings (SSSR count). The molecule has 136 valence electrons. The van der Waals surface area contributed by atoms with Gasteiger partial charge in [0.05, 0.1) is 0 Å². The number of nitrogens with zero attached hydrogens (tertiary/aromatic N) is 2. The first kappa shape index (κ1) is 28.5. The molecule has 0 heterocycles. The molecule has 0 aliphatic heterocycles. The maximum Gasteiger partial charge on any atom is 2.00 e. The van der Waals surface area contributed by atoms with E-state index in [1.807, 2.05) is 0 Å². The molecule has 0 amide bonds. The zero-order valence-electron chi connectivity index (χ0n) is 18.4. The van der Waals surface area contributed by atoms with Crippen LogP contribution in [-0.2, 0) is 0 Å². The maximum atomic E-state index is 4.78. The van der Waals surface area contributed by atoms with Crippen LogP contribution in [0.4, 0.5) is 0 Å². The number of hydrogen-bond acceptors (Lipinski definition) is 0. The monoisotopic (exact) mass is 336 g/mol. The van der Waals surface area contributed by atoms with Gasteiger partial charge in [-0.15, -0.1) is 22.2 Å². The molecule has 0 aromatic heterocycles. The minimum atomic E-state index is 0. The van der Waals surface area contributed by atoms with Gasteiger partial charge in [0, 0.05) is 0 Å². The van der Waals surface area contributed by atoms with Crippen LogP contribution in [0.25, 0.3) is 10.6 Å². The van der Waals surface area contributed by atoms with Crippen molar-refractivity contribution in [1.82, 2.24) is 0 Å². The molecule has 0 aliphatic rings. The molecular formula is C20H44MgN2. The van der Waals surface area contributed by atoms with Gasteiger partial charge in [-0.1, -0.05) is 109 Å². The number of rotatable bonds is 8. The molecule has 0 atom stereocenters. The molecular weight excluding hydrogens is 293 g/mol. The minimum absolute atomic E-state index is 0. The molecule has 3 heteroatoms. The van der Waals surface area contributed by atoms with Gasteiger partial charge >= 0.3 is 23.1 Å². The molecule has 0 aromatic rings. The van der Waals surface area contributed by atoms with E-state index < -0.39 is 0 Å². The van der Waals surface area contributed by atoms with Gasteiger partial charge in [-0.05, 0) is 0 Å². The Balaban J connectivity index is -0.000000333. The van der Waals surface area contributed by atoms with Crippen LogP contribution in [-0.4, -0.2) is 45.2 Å². The molecule has 0 aliphatic carbocycles. The summed E-state index contributed by atoms with van der Waals surface area (Å²) in [6.45, 7) is 26.3. The first-order valence-corrected chi connectivity index (χ1v) is 9.14. The zero-order valence-corrected chi connectivity index (χ0v) is 19.8. The first-order valence-electron chi connectivity index (χ1n) is 9.14. The molecule has 0 saturated heterocycles. The van der Waals surface area contributed by atoms with Crippen molar-refractivity contribution < 1.29 is 0 Å². The van der Waals surface area contributed by atoms with Crippen LogP contribution in [0.3, 0.4) is 0 Å². The van der Waals surface area contributed by atoms with Gasteiger partial charge in [0.15, 0.2) is 0 Å². The molecule has 0 N–H and O–H groups in total. The molecule has 0 aromatic carbocycles. The Kier molecular flexibility index (Phi) is 14.0. The van der Waals surface area contributed by atoms with E-state index >= 15 is 0 Å². The Bertz CT molecular complexity index is 236. The van der Waals surface area contributed by atoms with Gasteiger partial charge < -0.3 is 10.6 Å². The fraction of sp³-hybridized carbons (Fsp3) is 1.00. The van der Waals surface area contributed by atoms with Crippen molar-refractivity contribution in [1.29, 1.82) is 0 Å². The SMILES string of the molecule is CCC(C)(C)[N-]C(C)(C)CC.CCC(C)(C)[N-]C(C)(C)CC.[Mg+2]. The van der Waals surface area contributed by atoms with Crippen LogP contribution in [0.15, 0.2) is 0 Å². The van der Waals surface area contributed by atoms with Crippen LogP contribution < -0.4 is 0 Å². The van der Waals surface area contributed by atoms with Crippen LogP contribution in [0.1, 0.15) is 109 Å². The third-order valence-corrected chi connectivity index (χ3v) is 4.67. The summed E-state index contributed by atoms with van der Waals surface area (Å²) in [7, 11) is 0. The summed E-state index contributed by atoms with van der Waals surface area (Å²) in [4.78, 5) is 0. The second-order valence-electron chi connectivity index (χ2n) is 8.89. The predicted molar refractivity (Wildman–Crippen MR) is 110 cm³/mol. The van der Waals surface area contributed by atoms with Crippen molar-refractivity contribution in [3.63, 3.8) is 0 Å². The van der Waals surface area contributed by atoms with E-state index in [1.54, 1.807) is 0 Å². The molecule has 23 heavy (non-hydrogen) atoms. The normalized spacial score (nSPS) is 13.0. The molecule has 2 nitrogen and oxygen atoms in total. The summed E-state index contributed by atoms with van der Waals surface area (Å²) in [6, 6.07) is 0. The standard InChI is InChI=1S/2C10H22N.Mg/c2*1-7-9(3,4)11-10(5,6)8-2;/h2*7-8H2,1-6H3;/q2*-1;+2. The Morgan fingerprint density at radius 3 is 0.652 bits per heavy atom. The topological polar surface area (TPSA) is 28.2 Å². The Hall–Kier alpha value is 0.686. The molecule has 0 fully saturated rings. The summed E-state index contributed by atoms with van der Waals surface area (Å²) in [5.41, 5.74) is 0.609. The Morgan fingerprint density at radius 2 is 0.565 bits per heavy atom. The molecule has 0 radical (unpaired) electrons. The molecule has 0 spiro atoms. The average Bonchev–Trinajstić information content (AvgIpc) is 2.37. The Labute approximate surface area is 164 Å².